The smallest absolute Gasteiger partial charge is 0.406 e. The lowest BCUT2D eigenvalue weighted by Gasteiger charge is -2.48. The fraction of sp³-hybridized carbons (Fsp3) is 0.226. The van der Waals surface area contributed by atoms with E-state index in [1.165, 1.54) is 77.2 Å². The molecule has 3 aromatic carbocycles. The first-order valence-electron chi connectivity index (χ1n) is 13.8. The summed E-state index contributed by atoms with van der Waals surface area (Å²) in [5, 5.41) is 17.7. The van der Waals surface area contributed by atoms with Crippen molar-refractivity contribution in [3.05, 3.63) is 96.3 Å². The standard InChI is InChI=1S/C31H27F6N5O4S/c1-17(2)41(15-29-30(33,34)18(3)40(29)4)25-10-7-20(21-11-24(32)23(16-43)28(13-21)47(44)45)12-26(25)42-27(14-38-39-42)19-5-8-22(9-6-19)46-31(35,36)37/h5-15,18,43H,1,16H2,2-4H3,(H,44,45)/b29-15-. The minimum Gasteiger partial charge on any atom is -0.406 e. The van der Waals surface area contributed by atoms with Crippen molar-refractivity contribution in [1.82, 2.24) is 19.9 Å². The fourth-order valence-electron chi connectivity index (χ4n) is 5.12. The number of anilines is 1. The predicted molar refractivity (Wildman–Crippen MR) is 161 cm³/mol. The maximum absolute atomic E-state index is 15.0. The Kier molecular flexibility index (Phi) is 8.96. The Morgan fingerprint density at radius 1 is 1.13 bits per heavy atom. The van der Waals surface area contributed by atoms with Crippen LogP contribution in [-0.4, -0.2) is 59.1 Å². The first-order valence-corrected chi connectivity index (χ1v) is 14.9. The van der Waals surface area contributed by atoms with E-state index in [1.54, 1.807) is 6.92 Å². The Morgan fingerprint density at radius 2 is 1.79 bits per heavy atom. The molecule has 9 nitrogen and oxygen atoms in total. The van der Waals surface area contributed by atoms with Crippen molar-refractivity contribution in [3.63, 3.8) is 0 Å². The average molecular weight is 680 g/mol. The lowest BCUT2D eigenvalue weighted by atomic mass is 9.96. The third-order valence-corrected chi connectivity index (χ3v) is 8.46. The van der Waals surface area contributed by atoms with E-state index in [-0.39, 0.29) is 38.8 Å². The van der Waals surface area contributed by atoms with Crippen molar-refractivity contribution in [2.24, 2.45) is 0 Å². The van der Waals surface area contributed by atoms with E-state index in [2.05, 4.69) is 21.6 Å². The van der Waals surface area contributed by atoms with Gasteiger partial charge < -0.3 is 24.2 Å². The number of aliphatic hydroxyl groups is 1. The Morgan fingerprint density at radius 3 is 2.36 bits per heavy atom. The number of hydrogen-bond acceptors (Lipinski definition) is 7. The molecule has 16 heteroatoms. The molecule has 2 N–H and O–H groups in total. The van der Waals surface area contributed by atoms with Gasteiger partial charge in [-0.3, -0.25) is 0 Å². The second-order valence-corrected chi connectivity index (χ2v) is 11.6. The van der Waals surface area contributed by atoms with Crippen LogP contribution in [0.25, 0.3) is 28.1 Å². The largest absolute Gasteiger partial charge is 0.573 e. The molecule has 0 spiro atoms. The summed E-state index contributed by atoms with van der Waals surface area (Å²) >= 11 is -2.65. The molecule has 1 aliphatic heterocycles. The van der Waals surface area contributed by atoms with E-state index in [1.807, 2.05) is 0 Å². The third-order valence-electron chi connectivity index (χ3n) is 7.72. The van der Waals surface area contributed by atoms with Crippen LogP contribution in [0.3, 0.4) is 0 Å². The Hall–Kier alpha value is -4.67. The van der Waals surface area contributed by atoms with Crippen molar-refractivity contribution >= 4 is 16.8 Å². The first-order chi connectivity index (χ1) is 22.0. The van der Waals surface area contributed by atoms with Crippen LogP contribution in [0, 0.1) is 5.82 Å². The molecular weight excluding hydrogens is 652 g/mol. The van der Waals surface area contributed by atoms with Crippen LogP contribution in [0.5, 0.6) is 5.75 Å². The zero-order chi connectivity index (χ0) is 34.4. The Labute approximate surface area is 267 Å². The van der Waals surface area contributed by atoms with Crippen LogP contribution in [-0.2, 0) is 17.7 Å². The SMILES string of the molecule is C=C(C)N(/C=C1\N(C)C(C)C1(F)F)c1ccc(-c2cc(F)c(CO)c(S(=O)O)c2)cc1-n1nncc1-c1ccc(OC(F)(F)F)cc1. The number of halogens is 6. The van der Waals surface area contributed by atoms with Crippen molar-refractivity contribution in [2.75, 3.05) is 11.9 Å². The van der Waals surface area contributed by atoms with Crippen LogP contribution < -0.4 is 9.64 Å². The molecule has 1 saturated heterocycles. The van der Waals surface area contributed by atoms with Crippen LogP contribution >= 0.6 is 0 Å². The molecule has 1 fully saturated rings. The van der Waals surface area contributed by atoms with Gasteiger partial charge in [0.25, 0.3) is 0 Å². The van der Waals surface area contributed by atoms with Gasteiger partial charge in [-0.1, -0.05) is 17.9 Å². The summed E-state index contributed by atoms with van der Waals surface area (Å²) in [7, 11) is 1.52. The highest BCUT2D eigenvalue weighted by molar-refractivity contribution is 7.79. The van der Waals surface area contributed by atoms with Crippen LogP contribution in [0.4, 0.5) is 32.0 Å². The molecule has 1 aromatic heterocycles. The summed E-state index contributed by atoms with van der Waals surface area (Å²) in [4.78, 5) is 2.45. The second-order valence-electron chi connectivity index (χ2n) is 10.7. The number of ether oxygens (including phenoxy) is 1. The van der Waals surface area contributed by atoms with Crippen molar-refractivity contribution < 1.29 is 44.9 Å². The Balaban J connectivity index is 1.71. The molecule has 0 amide bonds. The van der Waals surface area contributed by atoms with Gasteiger partial charge >= 0.3 is 12.3 Å². The number of benzene rings is 3. The third kappa shape index (κ3) is 6.48. The monoisotopic (exact) mass is 679 g/mol. The van der Waals surface area contributed by atoms with Gasteiger partial charge in [-0.2, -0.15) is 8.78 Å². The fourth-order valence-corrected chi connectivity index (χ4v) is 5.72. The average Bonchev–Trinajstić information content (AvgIpc) is 3.49. The van der Waals surface area contributed by atoms with Crippen LogP contribution in [0.15, 0.2) is 89.9 Å². The van der Waals surface area contributed by atoms with Gasteiger partial charge in [-0.15, -0.1) is 18.3 Å². The number of rotatable bonds is 9. The van der Waals surface area contributed by atoms with Crippen LogP contribution in [0.1, 0.15) is 19.4 Å². The molecule has 4 aromatic rings. The molecule has 5 rings (SSSR count). The van der Waals surface area contributed by atoms with Gasteiger partial charge in [-0.05, 0) is 73.5 Å². The number of nitrogens with zero attached hydrogens (tertiary/aromatic N) is 5. The molecular formula is C31H27F6N5O4S. The highest BCUT2D eigenvalue weighted by Crippen LogP contribution is 2.45. The minimum absolute atomic E-state index is 0.138. The highest BCUT2D eigenvalue weighted by Gasteiger charge is 2.55. The molecule has 1 aliphatic rings. The summed E-state index contributed by atoms with van der Waals surface area (Å²) in [6.07, 6.45) is -2.34. The zero-order valence-electron chi connectivity index (χ0n) is 25.0. The molecule has 0 radical (unpaired) electrons. The summed E-state index contributed by atoms with van der Waals surface area (Å²) in [5.74, 6) is -4.55. The molecule has 2 heterocycles. The van der Waals surface area contributed by atoms with E-state index in [4.69, 9.17) is 0 Å². The quantitative estimate of drug-likeness (QED) is 0.146. The maximum Gasteiger partial charge on any atom is 0.573 e. The lowest BCUT2D eigenvalue weighted by molar-refractivity contribution is -0.274. The van der Waals surface area contributed by atoms with Crippen molar-refractivity contribution in [3.8, 4) is 33.8 Å². The van der Waals surface area contributed by atoms with E-state index < -0.39 is 47.6 Å². The number of hydrogen-bond donors (Lipinski definition) is 2. The summed E-state index contributed by atoms with van der Waals surface area (Å²) in [5.41, 5.74) is 1.19. The van der Waals surface area contributed by atoms with Gasteiger partial charge in [0.15, 0.2) is 11.1 Å². The van der Waals surface area contributed by atoms with Gasteiger partial charge in [0.05, 0.1) is 40.8 Å². The molecule has 248 valence electrons. The number of aliphatic hydroxyl groups excluding tert-OH is 1. The molecule has 0 aliphatic carbocycles. The van der Waals surface area contributed by atoms with Crippen molar-refractivity contribution in [2.45, 2.75) is 43.7 Å². The normalized spacial score (nSPS) is 17.4. The number of likely N-dealkylation sites (tertiary alicyclic amines) is 1. The number of allylic oxidation sites excluding steroid dienone is 1. The molecule has 47 heavy (non-hydrogen) atoms. The lowest BCUT2D eigenvalue weighted by Crippen LogP contribution is -2.59. The minimum atomic E-state index is -4.90. The van der Waals surface area contributed by atoms with Crippen LogP contribution in [0.2, 0.25) is 0 Å². The summed E-state index contributed by atoms with van der Waals surface area (Å²) in [6, 6.07) is 10.7. The Bertz CT molecular complexity index is 1890. The maximum atomic E-state index is 15.0. The number of aromatic nitrogens is 3. The zero-order valence-corrected chi connectivity index (χ0v) is 25.8. The molecule has 0 saturated carbocycles. The first kappa shape index (κ1) is 33.7. The second kappa shape index (κ2) is 12.5. The predicted octanol–water partition coefficient (Wildman–Crippen LogP) is 6.86. The highest BCUT2D eigenvalue weighted by atomic mass is 32.2. The summed E-state index contributed by atoms with van der Waals surface area (Å²) in [6.45, 7) is 6.09. The van der Waals surface area contributed by atoms with Crippen molar-refractivity contribution in [1.29, 1.82) is 0 Å². The molecule has 2 atom stereocenters. The van der Waals surface area contributed by atoms with E-state index in [9.17, 15) is 40.2 Å². The molecule has 0 bridgehead atoms. The number of alkyl halides is 5. The molecule has 2 unspecified atom stereocenters. The van der Waals surface area contributed by atoms with E-state index in [0.29, 0.717) is 16.8 Å². The van der Waals surface area contributed by atoms with Gasteiger partial charge in [0, 0.05) is 30.1 Å². The van der Waals surface area contributed by atoms with Gasteiger partial charge in [-0.25, -0.2) is 13.3 Å². The van der Waals surface area contributed by atoms with Gasteiger partial charge in [0.2, 0.25) is 0 Å². The summed E-state index contributed by atoms with van der Waals surface area (Å²) < 4.78 is 110. The van der Waals surface area contributed by atoms with E-state index in [0.717, 1.165) is 18.2 Å². The topological polar surface area (TPSA) is 104 Å². The van der Waals surface area contributed by atoms with E-state index >= 15 is 0 Å². The van der Waals surface area contributed by atoms with Gasteiger partial charge in [0.1, 0.15) is 17.3 Å².